The molecule has 0 spiro atoms. The molecule has 0 saturated carbocycles. The number of hydrogen-bond acceptors (Lipinski definition) is 4. The molecule has 3 rings (SSSR count). The second-order valence-electron chi connectivity index (χ2n) is 6.08. The van der Waals surface area contributed by atoms with Crippen molar-refractivity contribution in [2.75, 3.05) is 6.54 Å². The molecule has 1 amide bonds. The fraction of sp³-hybridized carbons (Fsp3) is 0.500. The minimum atomic E-state index is -0.0894. The van der Waals surface area contributed by atoms with Gasteiger partial charge in [-0.15, -0.1) is 0 Å². The van der Waals surface area contributed by atoms with Crippen LogP contribution in [-0.2, 0) is 13.1 Å². The van der Waals surface area contributed by atoms with Crippen molar-refractivity contribution in [2.45, 2.75) is 45.9 Å². The van der Waals surface area contributed by atoms with Crippen LogP contribution in [0.25, 0.3) is 0 Å². The van der Waals surface area contributed by atoms with E-state index < -0.39 is 0 Å². The van der Waals surface area contributed by atoms with Crippen molar-refractivity contribution >= 4 is 17.2 Å². The number of thiophene rings is 1. The molecule has 0 fully saturated rings. The number of amides is 1. The average Bonchev–Trinajstić information content (AvgIpc) is 3.10. The topological polar surface area (TPSA) is 50.2 Å². The zero-order valence-electron chi connectivity index (χ0n) is 13.2. The van der Waals surface area contributed by atoms with Crippen LogP contribution in [-0.4, -0.2) is 32.9 Å². The summed E-state index contributed by atoms with van der Waals surface area (Å²) in [5, 5.41) is 7.20. The van der Waals surface area contributed by atoms with Crippen molar-refractivity contribution in [3.63, 3.8) is 0 Å². The maximum absolute atomic E-state index is 12.1. The van der Waals surface area contributed by atoms with Crippen molar-refractivity contribution in [3.05, 3.63) is 40.1 Å². The van der Waals surface area contributed by atoms with E-state index in [1.165, 1.54) is 5.56 Å². The Morgan fingerprint density at radius 3 is 3.00 bits per heavy atom. The summed E-state index contributed by atoms with van der Waals surface area (Å²) in [6, 6.07) is 2.51. The average molecular weight is 318 g/mol. The Kier molecular flexibility index (Phi) is 4.31. The van der Waals surface area contributed by atoms with Gasteiger partial charge in [-0.25, -0.2) is 4.98 Å². The highest BCUT2D eigenvalue weighted by Gasteiger charge is 2.27. The lowest BCUT2D eigenvalue weighted by atomic mass is 10.2. The predicted octanol–water partition coefficient (Wildman–Crippen LogP) is 2.66. The number of rotatable bonds is 4. The SMILES string of the molecule is CC(C)NC(=O)c1cn2c(n1)C(C)N(Cc1ccsc1)CC2. The fourth-order valence-electron chi connectivity index (χ4n) is 2.81. The second-order valence-corrected chi connectivity index (χ2v) is 6.86. The van der Waals surface area contributed by atoms with Crippen LogP contribution in [0.1, 0.15) is 48.7 Å². The van der Waals surface area contributed by atoms with Crippen LogP contribution in [0.4, 0.5) is 0 Å². The molecule has 5 nitrogen and oxygen atoms in total. The van der Waals surface area contributed by atoms with Gasteiger partial charge in [0.05, 0.1) is 6.04 Å². The minimum absolute atomic E-state index is 0.0894. The van der Waals surface area contributed by atoms with Gasteiger partial charge in [0.2, 0.25) is 0 Å². The van der Waals surface area contributed by atoms with Gasteiger partial charge in [0.15, 0.2) is 0 Å². The Bertz CT molecular complexity index is 647. The zero-order chi connectivity index (χ0) is 15.7. The van der Waals surface area contributed by atoms with Crippen molar-refractivity contribution in [1.82, 2.24) is 19.8 Å². The standard InChI is InChI=1S/C16H22N4OS/c1-11(2)17-16(21)14-9-20-6-5-19(12(3)15(20)18-14)8-13-4-7-22-10-13/h4,7,9-12H,5-6,8H2,1-3H3,(H,17,21). The lowest BCUT2D eigenvalue weighted by Gasteiger charge is -2.33. The largest absolute Gasteiger partial charge is 0.348 e. The number of nitrogens with one attached hydrogen (secondary N) is 1. The highest BCUT2D eigenvalue weighted by molar-refractivity contribution is 7.07. The Morgan fingerprint density at radius 2 is 2.32 bits per heavy atom. The molecule has 1 aliphatic rings. The van der Waals surface area contributed by atoms with E-state index in [9.17, 15) is 4.79 Å². The number of carbonyl (C=O) groups is 1. The van der Waals surface area contributed by atoms with Gasteiger partial charge in [0.25, 0.3) is 5.91 Å². The Balaban J connectivity index is 1.76. The molecule has 2 aromatic rings. The van der Waals surface area contributed by atoms with Gasteiger partial charge in [-0.3, -0.25) is 9.69 Å². The van der Waals surface area contributed by atoms with Gasteiger partial charge in [0.1, 0.15) is 11.5 Å². The summed E-state index contributed by atoms with van der Waals surface area (Å²) in [6.45, 7) is 8.87. The molecule has 3 heterocycles. The first-order valence-corrected chi connectivity index (χ1v) is 8.62. The van der Waals surface area contributed by atoms with Gasteiger partial charge in [-0.2, -0.15) is 11.3 Å². The van der Waals surface area contributed by atoms with Gasteiger partial charge in [-0.05, 0) is 43.2 Å². The van der Waals surface area contributed by atoms with Crippen LogP contribution < -0.4 is 5.32 Å². The van der Waals surface area contributed by atoms with Crippen LogP contribution in [0.5, 0.6) is 0 Å². The third-order valence-electron chi connectivity index (χ3n) is 3.98. The quantitative estimate of drug-likeness (QED) is 0.943. The molecule has 1 aliphatic heterocycles. The van der Waals surface area contributed by atoms with Crippen molar-refractivity contribution in [1.29, 1.82) is 0 Å². The molecule has 6 heteroatoms. The summed E-state index contributed by atoms with van der Waals surface area (Å²) < 4.78 is 2.12. The molecule has 1 N–H and O–H groups in total. The fourth-order valence-corrected chi connectivity index (χ4v) is 3.47. The number of nitrogens with zero attached hydrogens (tertiary/aromatic N) is 3. The number of aromatic nitrogens is 2. The molecule has 1 atom stereocenters. The van der Waals surface area contributed by atoms with Crippen LogP contribution in [0, 0.1) is 0 Å². The molecule has 0 saturated heterocycles. The van der Waals surface area contributed by atoms with Crippen LogP contribution in [0.2, 0.25) is 0 Å². The second kappa shape index (κ2) is 6.22. The normalized spacial score (nSPS) is 18.5. The monoisotopic (exact) mass is 318 g/mol. The van der Waals surface area contributed by atoms with Crippen LogP contribution in [0.3, 0.4) is 0 Å². The Labute approximate surface area is 135 Å². The number of hydrogen-bond donors (Lipinski definition) is 1. The van der Waals surface area contributed by atoms with Gasteiger partial charge < -0.3 is 9.88 Å². The number of fused-ring (bicyclic) bond motifs is 1. The van der Waals surface area contributed by atoms with E-state index in [2.05, 4.69) is 43.5 Å². The first kappa shape index (κ1) is 15.2. The van der Waals surface area contributed by atoms with Gasteiger partial charge in [0, 0.05) is 31.9 Å². The summed E-state index contributed by atoms with van der Waals surface area (Å²) >= 11 is 1.73. The van der Waals surface area contributed by atoms with Crippen LogP contribution >= 0.6 is 11.3 Å². The first-order valence-electron chi connectivity index (χ1n) is 7.67. The van der Waals surface area contributed by atoms with E-state index in [-0.39, 0.29) is 18.0 Å². The van der Waals surface area contributed by atoms with Crippen molar-refractivity contribution in [3.8, 4) is 0 Å². The predicted molar refractivity (Wildman–Crippen MR) is 88.0 cm³/mol. The molecule has 22 heavy (non-hydrogen) atoms. The number of imidazole rings is 1. The molecular formula is C16H22N4OS. The Hall–Kier alpha value is -1.66. The molecule has 118 valence electrons. The lowest BCUT2D eigenvalue weighted by Crippen LogP contribution is -2.36. The highest BCUT2D eigenvalue weighted by Crippen LogP contribution is 2.26. The van der Waals surface area contributed by atoms with E-state index in [1.54, 1.807) is 11.3 Å². The Morgan fingerprint density at radius 1 is 1.50 bits per heavy atom. The van der Waals surface area contributed by atoms with Gasteiger partial charge >= 0.3 is 0 Å². The van der Waals surface area contributed by atoms with E-state index in [0.29, 0.717) is 5.69 Å². The van der Waals surface area contributed by atoms with E-state index >= 15 is 0 Å². The zero-order valence-corrected chi connectivity index (χ0v) is 14.1. The molecule has 0 bridgehead atoms. The highest BCUT2D eigenvalue weighted by atomic mass is 32.1. The molecule has 1 unspecified atom stereocenters. The summed E-state index contributed by atoms with van der Waals surface area (Å²) in [7, 11) is 0. The number of carbonyl (C=O) groups excluding carboxylic acids is 1. The molecule has 0 aromatic carbocycles. The molecule has 0 radical (unpaired) electrons. The molecular weight excluding hydrogens is 296 g/mol. The minimum Gasteiger partial charge on any atom is -0.348 e. The summed E-state index contributed by atoms with van der Waals surface area (Å²) in [6.07, 6.45) is 1.88. The van der Waals surface area contributed by atoms with E-state index in [1.807, 2.05) is 20.0 Å². The summed E-state index contributed by atoms with van der Waals surface area (Å²) in [5.41, 5.74) is 1.86. The smallest absolute Gasteiger partial charge is 0.271 e. The maximum Gasteiger partial charge on any atom is 0.271 e. The van der Waals surface area contributed by atoms with Crippen molar-refractivity contribution in [2.24, 2.45) is 0 Å². The van der Waals surface area contributed by atoms with Crippen LogP contribution in [0.15, 0.2) is 23.0 Å². The lowest BCUT2D eigenvalue weighted by molar-refractivity contribution is 0.0938. The van der Waals surface area contributed by atoms with E-state index in [4.69, 9.17) is 0 Å². The molecule has 2 aromatic heterocycles. The van der Waals surface area contributed by atoms with Gasteiger partial charge in [-0.1, -0.05) is 0 Å². The third-order valence-corrected chi connectivity index (χ3v) is 4.71. The first-order chi connectivity index (χ1) is 10.5. The third kappa shape index (κ3) is 3.08. The maximum atomic E-state index is 12.1. The summed E-state index contributed by atoms with van der Waals surface area (Å²) in [4.78, 5) is 19.1. The van der Waals surface area contributed by atoms with Crippen molar-refractivity contribution < 1.29 is 4.79 Å². The van der Waals surface area contributed by atoms with E-state index in [0.717, 1.165) is 25.5 Å². The summed E-state index contributed by atoms with van der Waals surface area (Å²) in [5.74, 6) is 0.892. The molecule has 0 aliphatic carbocycles.